The zero-order valence-electron chi connectivity index (χ0n) is 18.9. The Balaban J connectivity index is 1.35. The van der Waals surface area contributed by atoms with E-state index in [9.17, 15) is 13.3 Å². The molecule has 0 radical (unpaired) electrons. The van der Waals surface area contributed by atoms with Crippen LogP contribution in [0.3, 0.4) is 0 Å². The van der Waals surface area contributed by atoms with Crippen molar-refractivity contribution in [3.8, 4) is 12.3 Å². The largest absolute Gasteiger partial charge is 0.365 e. The van der Waals surface area contributed by atoms with Crippen molar-refractivity contribution in [1.82, 2.24) is 34.9 Å². The summed E-state index contributed by atoms with van der Waals surface area (Å²) in [6.45, 7) is 1.06. The second-order valence-corrected chi connectivity index (χ2v) is 8.55. The number of benzene rings is 1. The highest BCUT2D eigenvalue weighted by molar-refractivity contribution is 5.74. The predicted octanol–water partition coefficient (Wildman–Crippen LogP) is 3.36. The van der Waals surface area contributed by atoms with Gasteiger partial charge in [0.05, 0.1) is 18.6 Å². The second-order valence-electron chi connectivity index (χ2n) is 8.55. The van der Waals surface area contributed by atoms with Crippen molar-refractivity contribution in [3.05, 3.63) is 89.7 Å². The lowest BCUT2D eigenvalue weighted by Crippen LogP contribution is -2.60. The Hall–Kier alpha value is -3.81. The van der Waals surface area contributed by atoms with Gasteiger partial charge < -0.3 is 5.32 Å². The number of allylic oxidation sites excluding steroid dienone is 2. The first-order chi connectivity index (χ1) is 17.0. The first kappa shape index (κ1) is 23.0. The van der Waals surface area contributed by atoms with Gasteiger partial charge in [0, 0.05) is 67.4 Å². The van der Waals surface area contributed by atoms with Crippen LogP contribution in [0.1, 0.15) is 28.8 Å². The lowest BCUT2D eigenvalue weighted by Gasteiger charge is -2.47. The van der Waals surface area contributed by atoms with Crippen molar-refractivity contribution in [1.29, 1.82) is 0 Å². The number of nitrogens with zero attached hydrogens (tertiary/aromatic N) is 6. The Morgan fingerprint density at radius 1 is 1.06 bits per heavy atom. The molecule has 3 aromatic rings. The summed E-state index contributed by atoms with van der Waals surface area (Å²) in [7, 11) is 0. The smallest absolute Gasteiger partial charge is 0.333 e. The molecular weight excluding hydrogens is 455 g/mol. The highest BCUT2D eigenvalue weighted by Gasteiger charge is 2.40. The number of rotatable bonds is 6. The first-order valence-electron chi connectivity index (χ1n) is 11.2. The molecule has 180 valence electrons. The molecule has 4 heterocycles. The van der Waals surface area contributed by atoms with Crippen molar-refractivity contribution < 1.29 is 13.3 Å². The second kappa shape index (κ2) is 9.44. The summed E-state index contributed by atoms with van der Waals surface area (Å²) >= 11 is 0. The standard InChI is InChI=1S/C25H24F3N7/c1-2-19-3-5-20(6-4-19)16-32-9-11-33(12-10-32)25(23-15-30-34(18-23)24(26)27)8-7-21(13-29-25)22-14-31-35(28)17-22/h1,3-8,13-15,17-18,24,29H,9-12,16H2. The molecule has 1 N–H and O–H groups in total. The summed E-state index contributed by atoms with van der Waals surface area (Å²) < 4.78 is 40.5. The Bertz CT molecular complexity index is 1280. The van der Waals surface area contributed by atoms with Gasteiger partial charge in [0.15, 0.2) is 0 Å². The van der Waals surface area contributed by atoms with Gasteiger partial charge in [0.25, 0.3) is 0 Å². The van der Waals surface area contributed by atoms with Crippen LogP contribution in [-0.2, 0) is 12.2 Å². The van der Waals surface area contributed by atoms with Gasteiger partial charge in [-0.1, -0.05) is 28.6 Å². The molecule has 1 aromatic carbocycles. The topological polar surface area (TPSA) is 54.1 Å². The van der Waals surface area contributed by atoms with Gasteiger partial charge in [-0.2, -0.15) is 19.0 Å². The fourth-order valence-corrected chi connectivity index (χ4v) is 4.55. The first-order valence-corrected chi connectivity index (χ1v) is 11.2. The number of alkyl halides is 2. The molecule has 2 aromatic heterocycles. The van der Waals surface area contributed by atoms with Crippen LogP contribution in [0.2, 0.25) is 0 Å². The molecule has 1 fully saturated rings. The minimum absolute atomic E-state index is 0.248. The maximum absolute atomic E-state index is 13.3. The van der Waals surface area contributed by atoms with E-state index in [0.29, 0.717) is 28.9 Å². The number of halogens is 3. The third-order valence-electron chi connectivity index (χ3n) is 6.48. The van der Waals surface area contributed by atoms with Gasteiger partial charge >= 0.3 is 6.55 Å². The lowest BCUT2D eigenvalue weighted by atomic mass is 9.94. The monoisotopic (exact) mass is 479 g/mol. The molecule has 2 aliphatic rings. The zero-order chi connectivity index (χ0) is 24.4. The average Bonchev–Trinajstić information content (AvgIpc) is 3.55. The average molecular weight is 480 g/mol. The number of aromatic nitrogens is 4. The summed E-state index contributed by atoms with van der Waals surface area (Å²) in [5.74, 6) is 2.63. The Kier molecular flexibility index (Phi) is 6.19. The third-order valence-corrected chi connectivity index (χ3v) is 6.48. The predicted molar refractivity (Wildman–Crippen MR) is 125 cm³/mol. The van der Waals surface area contributed by atoms with Crippen molar-refractivity contribution >= 4 is 5.57 Å². The van der Waals surface area contributed by atoms with Gasteiger partial charge in [0.1, 0.15) is 5.66 Å². The molecule has 0 saturated carbocycles. The van der Waals surface area contributed by atoms with Gasteiger partial charge in [-0.3, -0.25) is 9.80 Å². The van der Waals surface area contributed by atoms with E-state index < -0.39 is 12.2 Å². The minimum Gasteiger partial charge on any atom is -0.365 e. The van der Waals surface area contributed by atoms with Gasteiger partial charge in [-0.15, -0.1) is 11.3 Å². The highest BCUT2D eigenvalue weighted by atomic mass is 19.3. The van der Waals surface area contributed by atoms with E-state index in [-0.39, 0.29) is 4.90 Å². The number of hydrogen-bond acceptors (Lipinski definition) is 5. The molecule has 1 atom stereocenters. The third kappa shape index (κ3) is 4.60. The van der Waals surface area contributed by atoms with E-state index in [1.165, 1.54) is 30.4 Å². The van der Waals surface area contributed by atoms with Crippen LogP contribution in [0.15, 0.2) is 67.4 Å². The van der Waals surface area contributed by atoms with E-state index >= 15 is 0 Å². The summed E-state index contributed by atoms with van der Waals surface area (Å²) in [6.07, 6.45) is 16.5. The number of terminal acetylenes is 1. The van der Waals surface area contributed by atoms with E-state index in [2.05, 4.69) is 31.2 Å². The summed E-state index contributed by atoms with van der Waals surface area (Å²) in [5, 5.41) is 10.8. The zero-order valence-corrected chi connectivity index (χ0v) is 18.9. The summed E-state index contributed by atoms with van der Waals surface area (Å²) in [6, 6.07) is 7.96. The lowest BCUT2D eigenvalue weighted by molar-refractivity contribution is 0.0396. The van der Waals surface area contributed by atoms with Crippen LogP contribution in [0.25, 0.3) is 5.57 Å². The number of piperazine rings is 1. The Labute approximate surface area is 201 Å². The van der Waals surface area contributed by atoms with Gasteiger partial charge in [-0.05, 0) is 23.8 Å². The molecular formula is C25H24F3N7. The Morgan fingerprint density at radius 3 is 2.40 bits per heavy atom. The molecule has 10 heteroatoms. The SMILES string of the molecule is C#Cc1ccc(CN2CCN(C3(c4cnn(C(F)F)c4)C=CC(c4cnn(F)c4)=CN3)CC2)cc1. The van der Waals surface area contributed by atoms with E-state index in [0.717, 1.165) is 30.8 Å². The molecule has 35 heavy (non-hydrogen) atoms. The number of dihydropyridines is 1. The molecule has 1 unspecified atom stereocenters. The van der Waals surface area contributed by atoms with Crippen molar-refractivity contribution in [2.24, 2.45) is 0 Å². The van der Waals surface area contributed by atoms with Crippen molar-refractivity contribution in [3.63, 3.8) is 0 Å². The molecule has 0 amide bonds. The van der Waals surface area contributed by atoms with Crippen LogP contribution in [0, 0.1) is 12.3 Å². The van der Waals surface area contributed by atoms with Crippen LogP contribution in [0.5, 0.6) is 0 Å². The maximum atomic E-state index is 13.3. The molecule has 0 bridgehead atoms. The molecule has 2 aliphatic heterocycles. The van der Waals surface area contributed by atoms with E-state index in [4.69, 9.17) is 6.42 Å². The molecule has 7 nitrogen and oxygen atoms in total. The van der Waals surface area contributed by atoms with Crippen molar-refractivity contribution in [2.45, 2.75) is 18.8 Å². The quantitative estimate of drug-likeness (QED) is 0.550. The van der Waals surface area contributed by atoms with Crippen LogP contribution < -0.4 is 5.32 Å². The Morgan fingerprint density at radius 2 is 1.83 bits per heavy atom. The van der Waals surface area contributed by atoms with Gasteiger partial charge in [-0.25, -0.2) is 4.68 Å². The van der Waals surface area contributed by atoms with E-state index in [1.54, 1.807) is 6.20 Å². The molecule has 1 saturated heterocycles. The molecule has 0 aliphatic carbocycles. The van der Waals surface area contributed by atoms with Crippen molar-refractivity contribution in [2.75, 3.05) is 26.2 Å². The normalized spacial score (nSPS) is 21.1. The summed E-state index contributed by atoms with van der Waals surface area (Å²) in [4.78, 5) is 4.80. The molecule has 0 spiro atoms. The number of hydrogen-bond donors (Lipinski definition) is 1. The van der Waals surface area contributed by atoms with Crippen LogP contribution >= 0.6 is 0 Å². The number of nitrogens with one attached hydrogen (secondary N) is 1. The van der Waals surface area contributed by atoms with E-state index in [1.807, 2.05) is 36.4 Å². The maximum Gasteiger partial charge on any atom is 0.333 e. The van der Waals surface area contributed by atoms with Crippen LogP contribution in [-0.4, -0.2) is 55.8 Å². The highest BCUT2D eigenvalue weighted by Crippen LogP contribution is 2.34. The van der Waals surface area contributed by atoms with Gasteiger partial charge in [0.2, 0.25) is 0 Å². The minimum atomic E-state index is -2.73. The fourth-order valence-electron chi connectivity index (χ4n) is 4.55. The van der Waals surface area contributed by atoms with Crippen LogP contribution in [0.4, 0.5) is 13.3 Å². The molecule has 5 rings (SSSR count). The summed E-state index contributed by atoms with van der Waals surface area (Å²) in [5.41, 5.74) is 3.12. The fraction of sp³-hybridized carbons (Fsp3) is 0.280.